The molecule has 0 aliphatic heterocycles. The normalized spacial score (nSPS) is 10.9. The molecule has 0 spiro atoms. The van der Waals surface area contributed by atoms with Crippen LogP contribution in [0.3, 0.4) is 0 Å². The molecule has 0 saturated carbocycles. The number of hydrogen-bond donors (Lipinski definition) is 1. The number of aromatic nitrogens is 3. The van der Waals surface area contributed by atoms with Gasteiger partial charge in [0.2, 0.25) is 0 Å². The van der Waals surface area contributed by atoms with E-state index >= 15 is 0 Å². The van der Waals surface area contributed by atoms with Crippen molar-refractivity contribution in [2.24, 2.45) is 5.73 Å². The summed E-state index contributed by atoms with van der Waals surface area (Å²) in [5.41, 5.74) is 7.59. The van der Waals surface area contributed by atoms with Crippen LogP contribution in [0.2, 0.25) is 0 Å². The topological polar surface area (TPSA) is 56.7 Å². The first kappa shape index (κ1) is 13.7. The molecule has 1 aromatic carbocycles. The summed E-state index contributed by atoms with van der Waals surface area (Å²) < 4.78 is 1.98. The van der Waals surface area contributed by atoms with E-state index < -0.39 is 0 Å². The second kappa shape index (κ2) is 5.61. The molecular weight excluding hydrogens is 280 g/mol. The SMILES string of the molecule is CCCc1nccn1-c1nc2ccccc2cc1C(N)=S. The maximum Gasteiger partial charge on any atom is 0.149 e. The summed E-state index contributed by atoms with van der Waals surface area (Å²) in [7, 11) is 0. The van der Waals surface area contributed by atoms with Crippen molar-refractivity contribution in [2.45, 2.75) is 19.8 Å². The third-order valence-corrected chi connectivity index (χ3v) is 3.61. The second-order valence-corrected chi connectivity index (χ2v) is 5.32. The molecule has 0 atom stereocenters. The third-order valence-electron chi connectivity index (χ3n) is 3.39. The van der Waals surface area contributed by atoms with Crippen LogP contribution >= 0.6 is 12.2 Å². The van der Waals surface area contributed by atoms with Crippen LogP contribution in [0.5, 0.6) is 0 Å². The van der Waals surface area contributed by atoms with Crippen molar-refractivity contribution in [2.75, 3.05) is 0 Å². The maximum atomic E-state index is 5.89. The molecule has 0 fully saturated rings. The molecule has 0 saturated heterocycles. The van der Waals surface area contributed by atoms with Crippen LogP contribution in [0.15, 0.2) is 42.7 Å². The molecular formula is C16H16N4S. The van der Waals surface area contributed by atoms with Crippen LogP contribution in [0.4, 0.5) is 0 Å². The predicted molar refractivity (Wildman–Crippen MR) is 88.7 cm³/mol. The Morgan fingerprint density at radius 1 is 1.33 bits per heavy atom. The Hall–Kier alpha value is -2.27. The fraction of sp³-hybridized carbons (Fsp3) is 0.188. The van der Waals surface area contributed by atoms with Crippen LogP contribution in [0, 0.1) is 0 Å². The van der Waals surface area contributed by atoms with Gasteiger partial charge in [0.15, 0.2) is 0 Å². The van der Waals surface area contributed by atoms with Crippen LogP contribution < -0.4 is 5.73 Å². The number of pyridine rings is 1. The van der Waals surface area contributed by atoms with E-state index in [-0.39, 0.29) is 0 Å². The zero-order valence-electron chi connectivity index (χ0n) is 11.8. The molecule has 4 nitrogen and oxygen atoms in total. The Morgan fingerprint density at radius 3 is 2.90 bits per heavy atom. The number of fused-ring (bicyclic) bond motifs is 1. The number of hydrogen-bond acceptors (Lipinski definition) is 3. The first-order valence-electron chi connectivity index (χ1n) is 6.93. The number of imidazole rings is 1. The van der Waals surface area contributed by atoms with Crippen molar-refractivity contribution < 1.29 is 0 Å². The van der Waals surface area contributed by atoms with Gasteiger partial charge in [0.05, 0.1) is 11.1 Å². The molecule has 3 rings (SSSR count). The first-order chi connectivity index (χ1) is 10.2. The van der Waals surface area contributed by atoms with Gasteiger partial charge in [-0.15, -0.1) is 0 Å². The summed E-state index contributed by atoms with van der Waals surface area (Å²) in [5.74, 6) is 1.72. The second-order valence-electron chi connectivity index (χ2n) is 4.88. The van der Waals surface area contributed by atoms with Gasteiger partial charge in [-0.25, -0.2) is 9.97 Å². The van der Waals surface area contributed by atoms with Crippen LogP contribution in [-0.4, -0.2) is 19.5 Å². The van der Waals surface area contributed by atoms with Gasteiger partial charge in [0, 0.05) is 24.2 Å². The molecule has 5 heteroatoms. The smallest absolute Gasteiger partial charge is 0.149 e. The summed E-state index contributed by atoms with van der Waals surface area (Å²) in [4.78, 5) is 9.49. The highest BCUT2D eigenvalue weighted by Crippen LogP contribution is 2.21. The molecule has 0 bridgehead atoms. The van der Waals surface area contributed by atoms with Crippen molar-refractivity contribution >= 4 is 28.1 Å². The van der Waals surface area contributed by atoms with E-state index in [1.807, 2.05) is 41.1 Å². The lowest BCUT2D eigenvalue weighted by atomic mass is 10.1. The molecule has 0 radical (unpaired) electrons. The molecule has 2 N–H and O–H groups in total. The molecule has 0 aliphatic rings. The zero-order chi connectivity index (χ0) is 14.8. The van der Waals surface area contributed by atoms with Gasteiger partial charge in [-0.05, 0) is 18.6 Å². The molecule has 0 amide bonds. The van der Waals surface area contributed by atoms with Gasteiger partial charge in [0.25, 0.3) is 0 Å². The van der Waals surface area contributed by atoms with Crippen LogP contribution in [0.1, 0.15) is 24.7 Å². The van der Waals surface area contributed by atoms with Crippen molar-refractivity contribution in [1.29, 1.82) is 0 Å². The standard InChI is InChI=1S/C16H16N4S/c1-2-5-14-18-8-9-20(14)16-12(15(17)21)10-11-6-3-4-7-13(11)19-16/h3-4,6-10H,2,5H2,1H3,(H2,17,21). The minimum absolute atomic E-state index is 0.347. The number of thiocarbonyl (C=S) groups is 1. The molecule has 3 aromatic rings. The van der Waals surface area contributed by atoms with Crippen molar-refractivity contribution in [3.63, 3.8) is 0 Å². The van der Waals surface area contributed by atoms with Crippen LogP contribution in [0.25, 0.3) is 16.7 Å². The van der Waals surface area contributed by atoms with Crippen molar-refractivity contribution in [3.8, 4) is 5.82 Å². The highest BCUT2D eigenvalue weighted by molar-refractivity contribution is 7.80. The molecule has 21 heavy (non-hydrogen) atoms. The maximum absolute atomic E-state index is 5.89. The zero-order valence-corrected chi connectivity index (χ0v) is 12.6. The van der Waals surface area contributed by atoms with Gasteiger partial charge in [-0.1, -0.05) is 37.3 Å². The van der Waals surface area contributed by atoms with E-state index in [1.165, 1.54) is 0 Å². The van der Waals surface area contributed by atoms with Gasteiger partial charge < -0.3 is 5.73 Å². The minimum atomic E-state index is 0.347. The van der Waals surface area contributed by atoms with E-state index in [9.17, 15) is 0 Å². The number of nitrogens with zero attached hydrogens (tertiary/aromatic N) is 3. The van der Waals surface area contributed by atoms with E-state index in [2.05, 4.69) is 11.9 Å². The largest absolute Gasteiger partial charge is 0.389 e. The van der Waals surface area contributed by atoms with Gasteiger partial charge in [0.1, 0.15) is 16.6 Å². The molecule has 0 aliphatic carbocycles. The summed E-state index contributed by atoms with van der Waals surface area (Å²) in [6.45, 7) is 2.13. The fourth-order valence-corrected chi connectivity index (χ4v) is 2.56. The van der Waals surface area contributed by atoms with Crippen molar-refractivity contribution in [1.82, 2.24) is 14.5 Å². The average Bonchev–Trinajstić information content (AvgIpc) is 2.94. The van der Waals surface area contributed by atoms with E-state index in [0.717, 1.165) is 41.0 Å². The lowest BCUT2D eigenvalue weighted by Crippen LogP contribution is -2.16. The Balaban J connectivity index is 2.26. The van der Waals surface area contributed by atoms with E-state index in [4.69, 9.17) is 22.9 Å². The van der Waals surface area contributed by atoms with Gasteiger partial charge in [-0.3, -0.25) is 4.57 Å². The highest BCUT2D eigenvalue weighted by Gasteiger charge is 2.13. The molecule has 106 valence electrons. The molecule has 0 unspecified atom stereocenters. The Kier molecular flexibility index (Phi) is 3.66. The summed E-state index contributed by atoms with van der Waals surface area (Å²) in [6, 6.07) is 9.94. The first-order valence-corrected chi connectivity index (χ1v) is 7.33. The molecule has 2 heterocycles. The van der Waals surface area contributed by atoms with E-state index in [1.54, 1.807) is 6.20 Å². The Labute approximate surface area is 128 Å². The number of para-hydroxylation sites is 1. The molecule has 2 aromatic heterocycles. The fourth-order valence-electron chi connectivity index (χ4n) is 2.41. The highest BCUT2D eigenvalue weighted by atomic mass is 32.1. The average molecular weight is 296 g/mol. The van der Waals surface area contributed by atoms with E-state index in [0.29, 0.717) is 4.99 Å². The monoisotopic (exact) mass is 296 g/mol. The Morgan fingerprint density at radius 2 is 2.14 bits per heavy atom. The lowest BCUT2D eigenvalue weighted by Gasteiger charge is -2.12. The number of benzene rings is 1. The third kappa shape index (κ3) is 2.52. The number of rotatable bonds is 4. The Bertz CT molecular complexity index is 807. The summed E-state index contributed by atoms with van der Waals surface area (Å²) >= 11 is 5.20. The van der Waals surface area contributed by atoms with Gasteiger partial charge in [-0.2, -0.15) is 0 Å². The number of aryl methyl sites for hydroxylation is 1. The summed E-state index contributed by atoms with van der Waals surface area (Å²) in [5, 5.41) is 1.03. The van der Waals surface area contributed by atoms with Crippen molar-refractivity contribution in [3.05, 3.63) is 54.1 Å². The lowest BCUT2D eigenvalue weighted by molar-refractivity contribution is 0.799. The predicted octanol–water partition coefficient (Wildman–Crippen LogP) is 3.01. The van der Waals surface area contributed by atoms with Gasteiger partial charge >= 0.3 is 0 Å². The minimum Gasteiger partial charge on any atom is -0.389 e. The van der Waals surface area contributed by atoms with Crippen LogP contribution in [-0.2, 0) is 6.42 Å². The number of nitrogens with two attached hydrogens (primary N) is 1. The summed E-state index contributed by atoms with van der Waals surface area (Å²) in [6.07, 6.45) is 5.60. The quantitative estimate of drug-likeness (QED) is 0.752.